The van der Waals surface area contributed by atoms with Gasteiger partial charge >= 0.3 is 0 Å². The fourth-order valence-electron chi connectivity index (χ4n) is 2.42. The number of hydrogen-bond donors (Lipinski definition) is 1. The highest BCUT2D eigenvalue weighted by Crippen LogP contribution is 2.32. The molecule has 1 aliphatic carbocycles. The molecule has 0 aromatic carbocycles. The van der Waals surface area contributed by atoms with Gasteiger partial charge in [-0.15, -0.1) is 0 Å². The summed E-state index contributed by atoms with van der Waals surface area (Å²) in [6.07, 6.45) is 5.21. The summed E-state index contributed by atoms with van der Waals surface area (Å²) in [5.41, 5.74) is 0. The van der Waals surface area contributed by atoms with Crippen LogP contribution in [0.1, 0.15) is 57.1 Å². The van der Waals surface area contributed by atoms with Crippen molar-refractivity contribution in [2.75, 3.05) is 6.54 Å². The van der Waals surface area contributed by atoms with Crippen LogP contribution in [-0.4, -0.2) is 21.3 Å². The van der Waals surface area contributed by atoms with Gasteiger partial charge in [-0.1, -0.05) is 26.7 Å². The van der Waals surface area contributed by atoms with Crippen molar-refractivity contribution in [3.05, 3.63) is 11.6 Å². The topological polar surface area (TPSA) is 42.7 Å². The first-order valence-electron chi connectivity index (χ1n) is 6.77. The van der Waals surface area contributed by atoms with Crippen LogP contribution in [-0.2, 0) is 13.6 Å². The van der Waals surface area contributed by atoms with E-state index in [9.17, 15) is 0 Å². The Kier molecular flexibility index (Phi) is 4.15. The Labute approximate surface area is 104 Å². The number of hydrogen-bond acceptors (Lipinski definition) is 3. The fraction of sp³-hybridized carbons (Fsp3) is 0.846. The van der Waals surface area contributed by atoms with E-state index >= 15 is 0 Å². The van der Waals surface area contributed by atoms with E-state index in [2.05, 4.69) is 29.2 Å². The predicted octanol–water partition coefficient (Wildman–Crippen LogP) is 2.22. The maximum absolute atomic E-state index is 4.68. The van der Waals surface area contributed by atoms with Gasteiger partial charge in [-0.25, -0.2) is 4.98 Å². The zero-order chi connectivity index (χ0) is 12.3. The third kappa shape index (κ3) is 3.28. The second-order valence-corrected chi connectivity index (χ2v) is 5.52. The maximum atomic E-state index is 4.68. The molecule has 0 spiro atoms. The molecule has 1 N–H and O–H groups in total. The Morgan fingerprint density at radius 1 is 1.35 bits per heavy atom. The van der Waals surface area contributed by atoms with Crippen LogP contribution in [0.2, 0.25) is 0 Å². The van der Waals surface area contributed by atoms with Crippen molar-refractivity contribution in [3.63, 3.8) is 0 Å². The molecule has 4 heteroatoms. The maximum Gasteiger partial charge on any atom is 0.154 e. The monoisotopic (exact) mass is 236 g/mol. The van der Waals surface area contributed by atoms with E-state index in [1.165, 1.54) is 25.7 Å². The minimum Gasteiger partial charge on any atom is -0.310 e. The standard InChI is InChI=1S/C13H24N4/c1-10(2)8-14-9-12-15-13(16-17(12)3)11-6-4-5-7-11/h10-11,14H,4-9H2,1-3H3. The van der Waals surface area contributed by atoms with Crippen LogP contribution in [0.4, 0.5) is 0 Å². The summed E-state index contributed by atoms with van der Waals surface area (Å²) in [6, 6.07) is 0. The zero-order valence-electron chi connectivity index (χ0n) is 11.2. The van der Waals surface area contributed by atoms with Gasteiger partial charge in [0.25, 0.3) is 0 Å². The quantitative estimate of drug-likeness (QED) is 0.852. The first-order chi connectivity index (χ1) is 8.16. The molecule has 1 aromatic rings. The van der Waals surface area contributed by atoms with Crippen molar-refractivity contribution in [2.24, 2.45) is 13.0 Å². The first kappa shape index (κ1) is 12.6. The molecule has 1 aromatic heterocycles. The number of rotatable bonds is 5. The van der Waals surface area contributed by atoms with Crippen LogP contribution in [0.25, 0.3) is 0 Å². The smallest absolute Gasteiger partial charge is 0.154 e. The summed E-state index contributed by atoms with van der Waals surface area (Å²) in [5, 5.41) is 7.98. The molecule has 0 aliphatic heterocycles. The average molecular weight is 236 g/mol. The number of aryl methyl sites for hydroxylation is 1. The summed E-state index contributed by atoms with van der Waals surface area (Å²) in [6.45, 7) is 6.29. The van der Waals surface area contributed by atoms with E-state index in [0.717, 1.165) is 24.7 Å². The summed E-state index contributed by atoms with van der Waals surface area (Å²) >= 11 is 0. The Balaban J connectivity index is 1.93. The minimum absolute atomic E-state index is 0.611. The Bertz CT molecular complexity index is 350. The average Bonchev–Trinajstić information content (AvgIpc) is 2.87. The lowest BCUT2D eigenvalue weighted by atomic mass is 10.1. The van der Waals surface area contributed by atoms with Crippen molar-refractivity contribution in [2.45, 2.75) is 52.0 Å². The third-order valence-corrected chi connectivity index (χ3v) is 3.43. The van der Waals surface area contributed by atoms with E-state index in [-0.39, 0.29) is 0 Å². The molecule has 17 heavy (non-hydrogen) atoms. The number of nitrogens with one attached hydrogen (secondary N) is 1. The van der Waals surface area contributed by atoms with E-state index < -0.39 is 0 Å². The van der Waals surface area contributed by atoms with Gasteiger partial charge in [0, 0.05) is 13.0 Å². The molecule has 1 aliphatic rings. The molecule has 2 rings (SSSR count). The van der Waals surface area contributed by atoms with Gasteiger partial charge in [-0.3, -0.25) is 4.68 Å². The SMILES string of the molecule is CC(C)CNCc1nc(C2CCCC2)nn1C. The second-order valence-electron chi connectivity index (χ2n) is 5.52. The van der Waals surface area contributed by atoms with Gasteiger partial charge in [0.2, 0.25) is 0 Å². The third-order valence-electron chi connectivity index (χ3n) is 3.43. The molecule has 96 valence electrons. The lowest BCUT2D eigenvalue weighted by Crippen LogP contribution is -2.21. The molecule has 1 fully saturated rings. The Morgan fingerprint density at radius 2 is 2.06 bits per heavy atom. The van der Waals surface area contributed by atoms with Crippen molar-refractivity contribution in [3.8, 4) is 0 Å². The van der Waals surface area contributed by atoms with Gasteiger partial charge in [-0.2, -0.15) is 5.10 Å². The zero-order valence-corrected chi connectivity index (χ0v) is 11.2. The minimum atomic E-state index is 0.611. The molecular formula is C13H24N4. The van der Waals surface area contributed by atoms with Crippen LogP contribution in [0.15, 0.2) is 0 Å². The van der Waals surface area contributed by atoms with E-state index in [0.29, 0.717) is 11.8 Å². The molecule has 0 unspecified atom stereocenters. The summed E-state index contributed by atoms with van der Waals surface area (Å²) in [5.74, 6) is 3.41. The fourth-order valence-corrected chi connectivity index (χ4v) is 2.42. The summed E-state index contributed by atoms with van der Waals surface area (Å²) in [4.78, 5) is 4.68. The van der Waals surface area contributed by atoms with Gasteiger partial charge in [-0.05, 0) is 25.3 Å². The lowest BCUT2D eigenvalue weighted by molar-refractivity contribution is 0.531. The molecule has 1 saturated carbocycles. The molecule has 0 radical (unpaired) electrons. The van der Waals surface area contributed by atoms with E-state index in [4.69, 9.17) is 0 Å². The molecule has 1 heterocycles. The highest BCUT2D eigenvalue weighted by Gasteiger charge is 2.21. The van der Waals surface area contributed by atoms with Crippen molar-refractivity contribution < 1.29 is 0 Å². The molecule has 0 amide bonds. The van der Waals surface area contributed by atoms with Gasteiger partial charge in [0.15, 0.2) is 5.82 Å². The highest BCUT2D eigenvalue weighted by atomic mass is 15.3. The van der Waals surface area contributed by atoms with Crippen molar-refractivity contribution >= 4 is 0 Å². The van der Waals surface area contributed by atoms with Crippen molar-refractivity contribution in [1.29, 1.82) is 0 Å². The normalized spacial score (nSPS) is 17.2. The van der Waals surface area contributed by atoms with Crippen LogP contribution in [0.5, 0.6) is 0 Å². The van der Waals surface area contributed by atoms with Crippen LogP contribution < -0.4 is 5.32 Å². The summed E-state index contributed by atoms with van der Waals surface area (Å²) < 4.78 is 1.93. The van der Waals surface area contributed by atoms with Gasteiger partial charge in [0.1, 0.15) is 5.82 Å². The first-order valence-corrected chi connectivity index (χ1v) is 6.77. The van der Waals surface area contributed by atoms with Crippen LogP contribution in [0, 0.1) is 5.92 Å². The Hall–Kier alpha value is -0.900. The lowest BCUT2D eigenvalue weighted by Gasteiger charge is -2.06. The molecule has 0 bridgehead atoms. The molecule has 0 saturated heterocycles. The number of aromatic nitrogens is 3. The predicted molar refractivity (Wildman–Crippen MR) is 68.8 cm³/mol. The molecule has 0 atom stereocenters. The summed E-state index contributed by atoms with van der Waals surface area (Å²) in [7, 11) is 2.00. The van der Waals surface area contributed by atoms with Crippen molar-refractivity contribution in [1.82, 2.24) is 20.1 Å². The highest BCUT2D eigenvalue weighted by molar-refractivity contribution is 5.01. The van der Waals surface area contributed by atoms with E-state index in [1.807, 2.05) is 11.7 Å². The van der Waals surface area contributed by atoms with E-state index in [1.54, 1.807) is 0 Å². The number of nitrogens with zero attached hydrogens (tertiary/aromatic N) is 3. The van der Waals surface area contributed by atoms with Crippen LogP contribution in [0.3, 0.4) is 0 Å². The Morgan fingerprint density at radius 3 is 2.71 bits per heavy atom. The largest absolute Gasteiger partial charge is 0.310 e. The van der Waals surface area contributed by atoms with Crippen LogP contribution >= 0.6 is 0 Å². The molecule has 4 nitrogen and oxygen atoms in total. The molecular weight excluding hydrogens is 212 g/mol. The van der Waals surface area contributed by atoms with Gasteiger partial charge < -0.3 is 5.32 Å². The second kappa shape index (κ2) is 5.63. The van der Waals surface area contributed by atoms with Gasteiger partial charge in [0.05, 0.1) is 6.54 Å².